The number of hydrogen-bond acceptors (Lipinski definition) is 4. The SMILES string of the molecule is COCCc1ccc(OS(=O)(=O)CC2CCCCC2)cc1. The zero-order valence-electron chi connectivity index (χ0n) is 12.6. The minimum atomic E-state index is -3.49. The fraction of sp³-hybridized carbons (Fsp3) is 0.625. The normalized spacial score (nSPS) is 16.8. The molecule has 0 atom stereocenters. The highest BCUT2D eigenvalue weighted by molar-refractivity contribution is 7.87. The van der Waals surface area contributed by atoms with Gasteiger partial charge in [-0.1, -0.05) is 31.4 Å². The Morgan fingerprint density at radius 2 is 1.76 bits per heavy atom. The topological polar surface area (TPSA) is 52.6 Å². The molecule has 1 aliphatic carbocycles. The summed E-state index contributed by atoms with van der Waals surface area (Å²) >= 11 is 0. The van der Waals surface area contributed by atoms with E-state index in [2.05, 4.69) is 0 Å². The third kappa shape index (κ3) is 5.67. The Hall–Kier alpha value is -1.07. The van der Waals surface area contributed by atoms with Gasteiger partial charge in [0.2, 0.25) is 0 Å². The van der Waals surface area contributed by atoms with Gasteiger partial charge in [-0.3, -0.25) is 0 Å². The molecule has 0 aromatic heterocycles. The van der Waals surface area contributed by atoms with Gasteiger partial charge in [0.25, 0.3) is 0 Å². The third-order valence-corrected chi connectivity index (χ3v) is 5.23. The highest BCUT2D eigenvalue weighted by Gasteiger charge is 2.22. The van der Waals surface area contributed by atoms with Crippen molar-refractivity contribution in [3.8, 4) is 5.75 Å². The fourth-order valence-electron chi connectivity index (χ4n) is 2.75. The second-order valence-corrected chi connectivity index (χ2v) is 7.31. The van der Waals surface area contributed by atoms with Gasteiger partial charge in [-0.15, -0.1) is 0 Å². The molecule has 21 heavy (non-hydrogen) atoms. The predicted molar refractivity (Wildman–Crippen MR) is 83.0 cm³/mol. The molecule has 0 spiro atoms. The van der Waals surface area contributed by atoms with Crippen molar-refractivity contribution in [1.82, 2.24) is 0 Å². The van der Waals surface area contributed by atoms with Gasteiger partial charge < -0.3 is 8.92 Å². The van der Waals surface area contributed by atoms with Crippen LogP contribution in [0, 0.1) is 5.92 Å². The number of benzene rings is 1. The molecule has 0 aliphatic heterocycles. The van der Waals surface area contributed by atoms with Crippen LogP contribution in [0.2, 0.25) is 0 Å². The lowest BCUT2D eigenvalue weighted by atomic mass is 9.91. The maximum Gasteiger partial charge on any atom is 0.309 e. The van der Waals surface area contributed by atoms with Gasteiger partial charge in [0.15, 0.2) is 0 Å². The maximum atomic E-state index is 12.1. The van der Waals surface area contributed by atoms with E-state index < -0.39 is 10.1 Å². The van der Waals surface area contributed by atoms with Crippen molar-refractivity contribution in [3.63, 3.8) is 0 Å². The van der Waals surface area contributed by atoms with Crippen molar-refractivity contribution in [2.75, 3.05) is 19.5 Å². The second kappa shape index (κ2) is 7.80. The molecule has 1 aromatic rings. The molecule has 4 nitrogen and oxygen atoms in total. The lowest BCUT2D eigenvalue weighted by Crippen LogP contribution is -2.22. The van der Waals surface area contributed by atoms with E-state index in [4.69, 9.17) is 8.92 Å². The molecule has 0 saturated heterocycles. The molecule has 0 heterocycles. The molecule has 5 heteroatoms. The number of rotatable bonds is 7. The fourth-order valence-corrected chi connectivity index (χ4v) is 4.14. The summed E-state index contributed by atoms with van der Waals surface area (Å²) in [4.78, 5) is 0. The molecule has 0 amide bonds. The minimum absolute atomic E-state index is 0.137. The van der Waals surface area contributed by atoms with E-state index in [9.17, 15) is 8.42 Å². The molecule has 0 bridgehead atoms. The first-order chi connectivity index (χ1) is 10.1. The quantitative estimate of drug-likeness (QED) is 0.726. The Labute approximate surface area is 127 Å². The molecule has 0 unspecified atom stereocenters. The summed E-state index contributed by atoms with van der Waals surface area (Å²) in [7, 11) is -1.83. The molecular formula is C16H24O4S. The van der Waals surface area contributed by atoms with Gasteiger partial charge in [-0.25, -0.2) is 0 Å². The summed E-state index contributed by atoms with van der Waals surface area (Å²) in [5, 5.41) is 0. The van der Waals surface area contributed by atoms with Gasteiger partial charge >= 0.3 is 10.1 Å². The standard InChI is InChI=1S/C16H24O4S/c1-19-12-11-14-7-9-16(10-8-14)20-21(17,18)13-15-5-3-2-4-6-15/h7-10,15H,2-6,11-13H2,1H3. The van der Waals surface area contributed by atoms with Crippen molar-refractivity contribution >= 4 is 10.1 Å². The summed E-state index contributed by atoms with van der Waals surface area (Å²) in [6.07, 6.45) is 6.30. The van der Waals surface area contributed by atoms with E-state index in [1.165, 1.54) is 6.42 Å². The Bertz CT molecular complexity index is 516. The summed E-state index contributed by atoms with van der Waals surface area (Å²) in [5.74, 6) is 0.787. The summed E-state index contributed by atoms with van der Waals surface area (Å²) < 4.78 is 34.4. The largest absolute Gasteiger partial charge is 0.384 e. The average molecular weight is 312 g/mol. The van der Waals surface area contributed by atoms with Crippen LogP contribution in [0.4, 0.5) is 0 Å². The molecule has 1 aromatic carbocycles. The molecule has 118 valence electrons. The molecule has 1 saturated carbocycles. The van der Waals surface area contributed by atoms with Gasteiger partial charge in [0.05, 0.1) is 12.4 Å². The lowest BCUT2D eigenvalue weighted by molar-refractivity contribution is 0.202. The van der Waals surface area contributed by atoms with E-state index in [-0.39, 0.29) is 11.7 Å². The lowest BCUT2D eigenvalue weighted by Gasteiger charge is -2.21. The molecule has 0 N–H and O–H groups in total. The van der Waals surface area contributed by atoms with Crippen LogP contribution < -0.4 is 4.18 Å². The Kier molecular flexibility index (Phi) is 6.06. The predicted octanol–water partition coefficient (Wildman–Crippen LogP) is 3.16. The van der Waals surface area contributed by atoms with Gasteiger partial charge in [0.1, 0.15) is 5.75 Å². The zero-order chi connectivity index (χ0) is 15.1. The Balaban J connectivity index is 1.89. The molecular weight excluding hydrogens is 288 g/mol. The van der Waals surface area contributed by atoms with Crippen LogP contribution in [0.3, 0.4) is 0 Å². The number of methoxy groups -OCH3 is 1. The summed E-state index contributed by atoms with van der Waals surface area (Å²) in [6, 6.07) is 7.18. The maximum absolute atomic E-state index is 12.1. The zero-order valence-corrected chi connectivity index (χ0v) is 13.4. The van der Waals surface area contributed by atoms with E-state index >= 15 is 0 Å². The Morgan fingerprint density at radius 3 is 2.38 bits per heavy atom. The van der Waals surface area contributed by atoms with Crippen LogP contribution in [-0.4, -0.2) is 27.9 Å². The van der Waals surface area contributed by atoms with Crippen molar-refractivity contribution in [2.24, 2.45) is 5.92 Å². The smallest absolute Gasteiger partial charge is 0.309 e. The minimum Gasteiger partial charge on any atom is -0.384 e. The molecule has 1 fully saturated rings. The van der Waals surface area contributed by atoms with Crippen LogP contribution in [0.5, 0.6) is 5.75 Å². The van der Waals surface area contributed by atoms with E-state index in [1.807, 2.05) is 12.1 Å². The van der Waals surface area contributed by atoms with Crippen LogP contribution in [0.25, 0.3) is 0 Å². The average Bonchev–Trinajstić information content (AvgIpc) is 2.47. The van der Waals surface area contributed by atoms with Crippen LogP contribution >= 0.6 is 0 Å². The highest BCUT2D eigenvalue weighted by atomic mass is 32.2. The molecule has 1 aliphatic rings. The second-order valence-electron chi connectivity index (χ2n) is 5.70. The van der Waals surface area contributed by atoms with Crippen molar-refractivity contribution in [1.29, 1.82) is 0 Å². The van der Waals surface area contributed by atoms with Gasteiger partial charge in [0, 0.05) is 7.11 Å². The highest BCUT2D eigenvalue weighted by Crippen LogP contribution is 2.26. The van der Waals surface area contributed by atoms with Gasteiger partial charge in [-0.2, -0.15) is 8.42 Å². The number of hydrogen-bond donors (Lipinski definition) is 0. The first kappa shape index (κ1) is 16.3. The monoisotopic (exact) mass is 312 g/mol. The number of ether oxygens (including phenoxy) is 1. The van der Waals surface area contributed by atoms with Crippen molar-refractivity contribution < 1.29 is 17.3 Å². The van der Waals surface area contributed by atoms with Crippen molar-refractivity contribution in [2.45, 2.75) is 38.5 Å². The first-order valence-corrected chi connectivity index (χ1v) is 9.17. The van der Waals surface area contributed by atoms with E-state index in [1.54, 1.807) is 19.2 Å². The first-order valence-electron chi connectivity index (χ1n) is 7.59. The van der Waals surface area contributed by atoms with Gasteiger partial charge in [-0.05, 0) is 42.9 Å². The summed E-state index contributed by atoms with van der Waals surface area (Å²) in [6.45, 7) is 0.653. The summed E-state index contributed by atoms with van der Waals surface area (Å²) in [5.41, 5.74) is 1.11. The van der Waals surface area contributed by atoms with E-state index in [0.717, 1.165) is 37.7 Å². The van der Waals surface area contributed by atoms with Crippen molar-refractivity contribution in [3.05, 3.63) is 29.8 Å². The van der Waals surface area contributed by atoms with E-state index in [0.29, 0.717) is 12.4 Å². The molecule has 0 radical (unpaired) electrons. The molecule has 2 rings (SSSR count). The Morgan fingerprint density at radius 1 is 1.10 bits per heavy atom. The third-order valence-electron chi connectivity index (χ3n) is 3.91. The van der Waals surface area contributed by atoms with Crippen LogP contribution in [0.1, 0.15) is 37.7 Å². The van der Waals surface area contributed by atoms with Crippen LogP contribution in [0.15, 0.2) is 24.3 Å². The van der Waals surface area contributed by atoms with Crippen LogP contribution in [-0.2, 0) is 21.3 Å².